The van der Waals surface area contributed by atoms with Gasteiger partial charge in [0.2, 0.25) is 5.88 Å². The Bertz CT molecular complexity index is 666. The number of morpholine rings is 1. The SMILES string of the molecule is C[C@H](N)C(=O)OC1=CCc2ccccc2N1C(=O)N1CCOCC1. The van der Waals surface area contributed by atoms with Crippen molar-refractivity contribution < 1.29 is 19.1 Å². The molecule has 0 aromatic heterocycles. The van der Waals surface area contributed by atoms with Crippen molar-refractivity contribution in [1.29, 1.82) is 0 Å². The van der Waals surface area contributed by atoms with Gasteiger partial charge in [0.05, 0.1) is 18.9 Å². The van der Waals surface area contributed by atoms with E-state index in [1.165, 1.54) is 4.90 Å². The minimum atomic E-state index is -0.761. The van der Waals surface area contributed by atoms with E-state index in [2.05, 4.69) is 0 Å². The van der Waals surface area contributed by atoms with Gasteiger partial charge in [-0.3, -0.25) is 0 Å². The van der Waals surface area contributed by atoms with E-state index in [9.17, 15) is 9.59 Å². The number of hydrogen-bond acceptors (Lipinski definition) is 5. The number of carbonyl (C=O) groups excluding carboxylic acids is 2. The number of anilines is 1. The van der Waals surface area contributed by atoms with Crippen molar-refractivity contribution in [3.05, 3.63) is 41.8 Å². The second kappa shape index (κ2) is 7.02. The van der Waals surface area contributed by atoms with Crippen molar-refractivity contribution >= 4 is 17.7 Å². The second-order valence-electron chi connectivity index (χ2n) is 5.80. The van der Waals surface area contributed by atoms with E-state index >= 15 is 0 Å². The highest BCUT2D eigenvalue weighted by Crippen LogP contribution is 2.31. The standard InChI is InChI=1S/C17H21N3O4/c1-12(18)16(21)24-15-7-6-13-4-2-3-5-14(13)20(15)17(22)19-8-10-23-11-9-19/h2-5,7,12H,6,8-11,18H2,1H3/t12-/m0/s1. The Kier molecular flexibility index (Phi) is 4.82. The molecule has 2 aliphatic rings. The molecule has 0 radical (unpaired) electrons. The zero-order valence-electron chi connectivity index (χ0n) is 13.6. The summed E-state index contributed by atoms with van der Waals surface area (Å²) in [5.41, 5.74) is 7.31. The fourth-order valence-electron chi connectivity index (χ4n) is 2.69. The predicted octanol–water partition coefficient (Wildman–Crippen LogP) is 1.23. The number of nitrogens with two attached hydrogens (primary N) is 1. The fourth-order valence-corrected chi connectivity index (χ4v) is 2.69. The number of rotatable bonds is 2. The summed E-state index contributed by atoms with van der Waals surface area (Å²) in [7, 11) is 0. The van der Waals surface area contributed by atoms with Gasteiger partial charge in [0, 0.05) is 13.1 Å². The molecular formula is C17H21N3O4. The summed E-state index contributed by atoms with van der Waals surface area (Å²) >= 11 is 0. The molecule has 2 heterocycles. The normalized spacial score (nSPS) is 18.5. The highest BCUT2D eigenvalue weighted by molar-refractivity contribution is 5.97. The second-order valence-corrected chi connectivity index (χ2v) is 5.80. The molecule has 0 aliphatic carbocycles. The molecule has 7 heteroatoms. The van der Waals surface area contributed by atoms with Crippen molar-refractivity contribution in [3.8, 4) is 0 Å². The minimum absolute atomic E-state index is 0.215. The highest BCUT2D eigenvalue weighted by Gasteiger charge is 2.32. The maximum Gasteiger partial charge on any atom is 0.331 e. The van der Waals surface area contributed by atoms with Crippen LogP contribution in [0.15, 0.2) is 36.2 Å². The number of allylic oxidation sites excluding steroid dienone is 1. The molecular weight excluding hydrogens is 310 g/mol. The van der Waals surface area contributed by atoms with Gasteiger partial charge in [-0.2, -0.15) is 0 Å². The zero-order chi connectivity index (χ0) is 17.1. The number of urea groups is 1. The summed E-state index contributed by atoms with van der Waals surface area (Å²) < 4.78 is 10.7. The number of carbonyl (C=O) groups is 2. The first-order chi connectivity index (χ1) is 11.6. The van der Waals surface area contributed by atoms with Gasteiger partial charge < -0.3 is 20.1 Å². The number of benzene rings is 1. The molecule has 0 unspecified atom stereocenters. The van der Waals surface area contributed by atoms with Crippen LogP contribution >= 0.6 is 0 Å². The van der Waals surface area contributed by atoms with Crippen molar-refractivity contribution in [2.75, 3.05) is 31.2 Å². The van der Waals surface area contributed by atoms with E-state index in [1.807, 2.05) is 24.3 Å². The van der Waals surface area contributed by atoms with Gasteiger partial charge in [0.1, 0.15) is 6.04 Å². The lowest BCUT2D eigenvalue weighted by Crippen LogP contribution is -2.49. The molecule has 2 amide bonds. The summed E-state index contributed by atoms with van der Waals surface area (Å²) in [5.74, 6) is -0.354. The Hall–Kier alpha value is -2.38. The fraction of sp³-hybridized carbons (Fsp3) is 0.412. The molecule has 3 rings (SSSR count). The van der Waals surface area contributed by atoms with Crippen LogP contribution in [0.5, 0.6) is 0 Å². The number of fused-ring (bicyclic) bond motifs is 1. The molecule has 1 saturated heterocycles. The molecule has 0 saturated carbocycles. The third-order valence-corrected chi connectivity index (χ3v) is 4.00. The number of amides is 2. The van der Waals surface area contributed by atoms with Gasteiger partial charge >= 0.3 is 12.0 Å². The van der Waals surface area contributed by atoms with Crippen LogP contribution in [-0.2, 0) is 20.7 Å². The van der Waals surface area contributed by atoms with E-state index in [4.69, 9.17) is 15.2 Å². The highest BCUT2D eigenvalue weighted by atomic mass is 16.6. The van der Waals surface area contributed by atoms with Gasteiger partial charge in [-0.1, -0.05) is 18.2 Å². The largest absolute Gasteiger partial charge is 0.408 e. The Balaban J connectivity index is 1.91. The first kappa shape index (κ1) is 16.5. The van der Waals surface area contributed by atoms with Gasteiger partial charge in [-0.25, -0.2) is 14.5 Å². The van der Waals surface area contributed by atoms with E-state index in [0.717, 1.165) is 11.3 Å². The zero-order valence-corrected chi connectivity index (χ0v) is 13.6. The van der Waals surface area contributed by atoms with Crippen molar-refractivity contribution in [3.63, 3.8) is 0 Å². The summed E-state index contributed by atoms with van der Waals surface area (Å²) in [6.07, 6.45) is 2.32. The van der Waals surface area contributed by atoms with E-state index < -0.39 is 12.0 Å². The maximum atomic E-state index is 13.0. The Morgan fingerprint density at radius 2 is 1.96 bits per heavy atom. The summed E-state index contributed by atoms with van der Waals surface area (Å²) in [5, 5.41) is 0. The lowest BCUT2D eigenvalue weighted by molar-refractivity contribution is -0.140. The molecule has 1 atom stereocenters. The Morgan fingerprint density at radius 1 is 1.25 bits per heavy atom. The molecule has 1 aromatic carbocycles. The summed E-state index contributed by atoms with van der Waals surface area (Å²) in [6.45, 7) is 3.56. The van der Waals surface area contributed by atoms with Gasteiger partial charge in [0.25, 0.3) is 0 Å². The summed E-state index contributed by atoms with van der Waals surface area (Å²) in [6, 6.07) is 6.59. The van der Waals surface area contributed by atoms with E-state index in [0.29, 0.717) is 32.7 Å². The Labute approximate surface area is 140 Å². The van der Waals surface area contributed by atoms with E-state index in [-0.39, 0.29) is 11.9 Å². The number of ether oxygens (including phenoxy) is 2. The number of nitrogens with zero attached hydrogens (tertiary/aromatic N) is 2. The lowest BCUT2D eigenvalue weighted by atomic mass is 10.1. The molecule has 24 heavy (non-hydrogen) atoms. The first-order valence-corrected chi connectivity index (χ1v) is 8.00. The van der Waals surface area contributed by atoms with Crippen LogP contribution in [0.4, 0.5) is 10.5 Å². The summed E-state index contributed by atoms with van der Waals surface area (Å²) in [4.78, 5) is 28.1. The molecule has 1 aromatic rings. The lowest BCUT2D eigenvalue weighted by Gasteiger charge is -2.35. The van der Waals surface area contributed by atoms with Crippen molar-refractivity contribution in [2.45, 2.75) is 19.4 Å². The first-order valence-electron chi connectivity index (χ1n) is 8.00. The van der Waals surface area contributed by atoms with Gasteiger partial charge in [-0.05, 0) is 31.1 Å². The van der Waals surface area contributed by atoms with Crippen LogP contribution in [0.1, 0.15) is 12.5 Å². The molecule has 0 bridgehead atoms. The third-order valence-electron chi connectivity index (χ3n) is 4.00. The minimum Gasteiger partial charge on any atom is -0.408 e. The topological polar surface area (TPSA) is 85.1 Å². The van der Waals surface area contributed by atoms with Crippen LogP contribution in [0.25, 0.3) is 0 Å². The smallest absolute Gasteiger partial charge is 0.331 e. The maximum absolute atomic E-state index is 13.0. The molecule has 1 fully saturated rings. The number of hydrogen-bond donors (Lipinski definition) is 1. The van der Waals surface area contributed by atoms with Crippen molar-refractivity contribution in [2.24, 2.45) is 5.73 Å². The van der Waals surface area contributed by atoms with E-state index in [1.54, 1.807) is 17.9 Å². The van der Waals surface area contributed by atoms with Crippen LogP contribution in [-0.4, -0.2) is 49.2 Å². The van der Waals surface area contributed by atoms with Gasteiger partial charge in [-0.15, -0.1) is 0 Å². The number of para-hydroxylation sites is 1. The number of esters is 1. The average molecular weight is 331 g/mol. The van der Waals surface area contributed by atoms with Crippen LogP contribution < -0.4 is 10.6 Å². The van der Waals surface area contributed by atoms with Gasteiger partial charge in [0.15, 0.2) is 0 Å². The third kappa shape index (κ3) is 3.27. The predicted molar refractivity (Wildman–Crippen MR) is 88.2 cm³/mol. The molecule has 0 spiro atoms. The van der Waals surface area contributed by atoms with Crippen molar-refractivity contribution in [1.82, 2.24) is 4.90 Å². The van der Waals surface area contributed by atoms with Crippen LogP contribution in [0.3, 0.4) is 0 Å². The van der Waals surface area contributed by atoms with Crippen LogP contribution in [0.2, 0.25) is 0 Å². The monoisotopic (exact) mass is 331 g/mol. The molecule has 128 valence electrons. The molecule has 7 nitrogen and oxygen atoms in total. The average Bonchev–Trinajstić information content (AvgIpc) is 2.61. The Morgan fingerprint density at radius 3 is 2.67 bits per heavy atom. The van der Waals surface area contributed by atoms with Crippen LogP contribution in [0, 0.1) is 0 Å². The molecule has 2 aliphatic heterocycles. The molecule has 2 N–H and O–H groups in total. The quantitative estimate of drug-likeness (QED) is 0.824.